The van der Waals surface area contributed by atoms with Crippen LogP contribution in [-0.2, 0) is 96.0 Å². The van der Waals surface area contributed by atoms with Gasteiger partial charge in [0, 0.05) is 136 Å². The molecule has 1 aliphatic heterocycles. The molecule has 4 aromatic carbocycles. The number of nitrogens with one attached hydrogen (secondary N) is 8. The van der Waals surface area contributed by atoms with Gasteiger partial charge >= 0.3 is 59.8 Å². The van der Waals surface area contributed by atoms with Gasteiger partial charge in [-0.3, -0.25) is 87.2 Å². The first-order valence-corrected chi connectivity index (χ1v) is 38.3. The molecule has 43 heteroatoms. The number of benzene rings is 4. The third kappa shape index (κ3) is 35.8. The first-order valence-electron chi connectivity index (χ1n) is 38.3. The normalized spacial score (nSPS) is 15.0. The highest BCUT2D eigenvalue weighted by Crippen LogP contribution is 2.22. The Bertz CT molecular complexity index is 4240. The molecular formula is C77H102N14O29. The summed E-state index contributed by atoms with van der Waals surface area (Å²) in [5, 5.41) is 130. The third-order valence-electron chi connectivity index (χ3n) is 19.5. The van der Waals surface area contributed by atoms with Crippen molar-refractivity contribution in [3.8, 4) is 5.75 Å². The summed E-state index contributed by atoms with van der Waals surface area (Å²) < 4.78 is 0. The van der Waals surface area contributed by atoms with Crippen LogP contribution in [0.25, 0.3) is 10.8 Å². The topological polar surface area (TPSA) is 648 Å². The van der Waals surface area contributed by atoms with Crippen molar-refractivity contribution in [3.63, 3.8) is 0 Å². The van der Waals surface area contributed by atoms with E-state index in [1.54, 1.807) is 36.4 Å². The van der Waals surface area contributed by atoms with Crippen LogP contribution in [0.1, 0.15) is 100 Å². The lowest BCUT2D eigenvalue weighted by molar-refractivity contribution is -0.384. The number of aromatic hydroxyl groups is 1. The number of fused-ring (bicyclic) bond motifs is 1. The maximum absolute atomic E-state index is 15.4. The van der Waals surface area contributed by atoms with Gasteiger partial charge in [-0.1, -0.05) is 66.7 Å². The zero-order valence-corrected chi connectivity index (χ0v) is 65.7. The Morgan fingerprint density at radius 1 is 0.408 bits per heavy atom. The fourth-order valence-electron chi connectivity index (χ4n) is 12.9. The van der Waals surface area contributed by atoms with Crippen molar-refractivity contribution in [2.45, 2.75) is 151 Å². The molecule has 1 unspecified atom stereocenters. The Morgan fingerprint density at radius 2 is 0.833 bits per heavy atom. The van der Waals surface area contributed by atoms with E-state index in [0.717, 1.165) is 27.8 Å². The van der Waals surface area contributed by atoms with Crippen molar-refractivity contribution >= 4 is 118 Å². The number of rotatable bonds is 50. The summed E-state index contributed by atoms with van der Waals surface area (Å²) in [6, 6.07) is 8.57. The molecule has 9 amide bonds. The van der Waals surface area contributed by atoms with Gasteiger partial charge in [0.1, 0.15) is 54.1 Å². The average molecular weight is 1690 g/mol. The number of amides is 9. The van der Waals surface area contributed by atoms with Gasteiger partial charge < -0.3 is 98.5 Å². The van der Waals surface area contributed by atoms with Crippen molar-refractivity contribution in [3.05, 3.63) is 118 Å². The van der Waals surface area contributed by atoms with E-state index in [-0.39, 0.29) is 140 Å². The van der Waals surface area contributed by atoms with Crippen LogP contribution in [-0.4, -0.2) is 322 Å². The first-order chi connectivity index (χ1) is 56.8. The zero-order valence-electron chi connectivity index (χ0n) is 65.7. The summed E-state index contributed by atoms with van der Waals surface area (Å²) in [6.07, 6.45) is -5.32. The second-order valence-electron chi connectivity index (χ2n) is 28.5. The van der Waals surface area contributed by atoms with Crippen molar-refractivity contribution in [1.29, 1.82) is 0 Å². The van der Waals surface area contributed by atoms with E-state index in [1.807, 2.05) is 16.7 Å². The van der Waals surface area contributed by atoms with Crippen LogP contribution in [0, 0.1) is 10.1 Å². The molecular weight excluding hydrogens is 1580 g/mol. The Balaban J connectivity index is 1.27. The van der Waals surface area contributed by atoms with Crippen LogP contribution in [0.3, 0.4) is 0 Å². The molecule has 18 N–H and O–H groups in total. The molecule has 1 heterocycles. The minimum atomic E-state index is -1.76. The summed E-state index contributed by atoms with van der Waals surface area (Å²) in [4.78, 5) is 236. The standard InChI is InChI=1S/C77H102N14O29/c1-86(71(107)58(41-47-14-19-52(92)20-15-47)83-69(105)57(40-46-12-17-51(18-13-46)91(119)120)81-64(96)25-23-59(76(116)117)90-37-35-88(44-67(101)102)33-31-87(43-66(99)100)32-34-89(36-38-90)45-68(103)104)60(42-48-11-16-49-7-2-3-8-50(49)39-48)70(106)82-54(73(110)111)9-4-5-29-78-61(93)26-27-62(94)79-30-6-10-53(72(108)109)80-63(95)24-21-55(74(112)113)84-77(118)85-56(75(114)115)22-28-65(97)98/h2-3,7-8,11-20,39,53-60,92H,4-6,9-10,21-38,40-45H2,1H3,(H,78,93)(H,79,94)(H,80,95)(H,81,96)(H,82,106)(H,83,105)(H,97,98)(H,99,100)(H,101,102)(H,103,104)(H,108,109)(H,110,111)(H,112,113)(H,114,115)(H,116,117)(H2,84,85,118)/t53-,54+,55-,56-,57-,58+,59?,60+/m0/s1. The fourth-order valence-corrected chi connectivity index (χ4v) is 12.9. The number of nitro benzene ring substituents is 1. The Hall–Kier alpha value is -13.0. The first kappa shape index (κ1) is 97.5. The van der Waals surface area contributed by atoms with Crippen LogP contribution in [0.4, 0.5) is 10.5 Å². The maximum Gasteiger partial charge on any atom is 0.326 e. The van der Waals surface area contributed by atoms with Crippen LogP contribution >= 0.6 is 0 Å². The van der Waals surface area contributed by atoms with Crippen LogP contribution < -0.4 is 42.5 Å². The van der Waals surface area contributed by atoms with Gasteiger partial charge in [0.15, 0.2) is 0 Å². The molecule has 654 valence electrons. The van der Waals surface area contributed by atoms with Gasteiger partial charge in [-0.05, 0) is 91.0 Å². The van der Waals surface area contributed by atoms with Gasteiger partial charge in [0.2, 0.25) is 41.4 Å². The molecule has 0 bridgehead atoms. The number of carbonyl (C=O) groups is 17. The predicted octanol–water partition coefficient (Wildman–Crippen LogP) is -1.06. The number of non-ortho nitro benzene ring substituents is 1. The molecule has 8 atom stereocenters. The van der Waals surface area contributed by atoms with Crippen molar-refractivity contribution in [2.75, 3.05) is 92.1 Å². The van der Waals surface area contributed by atoms with Gasteiger partial charge in [-0.15, -0.1) is 0 Å². The van der Waals surface area contributed by atoms with Crippen molar-refractivity contribution in [1.82, 2.24) is 67.0 Å². The van der Waals surface area contributed by atoms with E-state index in [9.17, 15) is 128 Å². The highest BCUT2D eigenvalue weighted by molar-refractivity contribution is 5.96. The van der Waals surface area contributed by atoms with Crippen LogP contribution in [0.2, 0.25) is 0 Å². The fraction of sp³-hybridized carbons (Fsp3) is 0.494. The summed E-state index contributed by atoms with van der Waals surface area (Å²) >= 11 is 0. The van der Waals surface area contributed by atoms with Crippen molar-refractivity contribution < 1.29 is 137 Å². The second-order valence-corrected chi connectivity index (χ2v) is 28.5. The highest BCUT2D eigenvalue weighted by Gasteiger charge is 2.38. The SMILES string of the molecule is CN(C(=O)[C@@H](Cc1ccc(O)cc1)NC(=O)[C@H](Cc1ccc([N+](=O)[O-])cc1)NC(=O)CCC(C(=O)O)N1CCN(CC(=O)O)CCN(CC(=O)O)CCN(CC(=O)O)CC1)[C@H](Cc1ccc2ccccc2c1)C(=O)N[C@H](CCCCNC(=O)CCC(=O)NCCC[C@H](NC(=O)CC[C@H](NC(=O)N[C@@H](CCC(=O)O)C(=O)O)C(=O)O)C(=O)O)C(=O)O. The number of urea groups is 1. The average Bonchev–Trinajstić information content (AvgIpc) is 0.813. The minimum absolute atomic E-state index is 0.0102. The molecule has 4 aromatic rings. The molecule has 0 saturated carbocycles. The molecule has 1 fully saturated rings. The van der Waals surface area contributed by atoms with E-state index in [2.05, 4.69) is 31.9 Å². The lowest BCUT2D eigenvalue weighted by Gasteiger charge is -2.35. The van der Waals surface area contributed by atoms with Crippen LogP contribution in [0.5, 0.6) is 5.75 Å². The van der Waals surface area contributed by atoms with Crippen LogP contribution in [0.15, 0.2) is 91.0 Å². The lowest BCUT2D eigenvalue weighted by Crippen LogP contribution is -2.59. The minimum Gasteiger partial charge on any atom is -0.508 e. The molecule has 0 aliphatic carbocycles. The predicted molar refractivity (Wildman–Crippen MR) is 419 cm³/mol. The van der Waals surface area contributed by atoms with Gasteiger partial charge in [-0.2, -0.15) is 0 Å². The summed E-state index contributed by atoms with van der Waals surface area (Å²) in [5.74, 6) is -18.8. The molecule has 0 spiro atoms. The Morgan fingerprint density at radius 3 is 1.32 bits per heavy atom. The number of carbonyl (C=O) groups excluding carboxylic acids is 8. The van der Waals surface area contributed by atoms with Gasteiger partial charge in [-0.25, -0.2) is 24.0 Å². The second kappa shape index (κ2) is 49.9. The molecule has 0 aromatic heterocycles. The number of aliphatic carboxylic acids is 9. The summed E-state index contributed by atoms with van der Waals surface area (Å²) in [6.45, 7) is -1.89. The number of nitrogens with zero attached hydrogens (tertiary/aromatic N) is 6. The number of carboxylic acid groups (broad SMARTS) is 9. The molecule has 0 radical (unpaired) electrons. The number of phenols is 1. The van der Waals surface area contributed by atoms with E-state index in [0.29, 0.717) is 11.1 Å². The summed E-state index contributed by atoms with van der Waals surface area (Å²) in [7, 11) is 1.24. The number of hydrogen-bond acceptors (Lipinski definition) is 24. The van der Waals surface area contributed by atoms with E-state index < -0.39 is 219 Å². The van der Waals surface area contributed by atoms with Gasteiger partial charge in [0.05, 0.1) is 24.6 Å². The largest absolute Gasteiger partial charge is 0.508 e. The van der Waals surface area contributed by atoms with E-state index in [1.165, 1.54) is 63.0 Å². The Labute approximate surface area is 686 Å². The molecule has 43 nitrogen and oxygen atoms in total. The van der Waals surface area contributed by atoms with E-state index >= 15 is 9.59 Å². The molecule has 120 heavy (non-hydrogen) atoms. The highest BCUT2D eigenvalue weighted by atomic mass is 16.6. The molecule has 5 rings (SSSR count). The number of hydrogen-bond donors (Lipinski definition) is 18. The number of nitro groups is 1. The Kier molecular flexibility index (Phi) is 40.6. The number of phenolic OH excluding ortho intramolecular Hbond substituents is 1. The zero-order chi connectivity index (χ0) is 88.7. The van der Waals surface area contributed by atoms with Crippen molar-refractivity contribution in [2.24, 2.45) is 0 Å². The summed E-state index contributed by atoms with van der Waals surface area (Å²) in [5.41, 5.74) is 0.751. The van der Waals surface area contributed by atoms with Gasteiger partial charge in [0.25, 0.3) is 5.69 Å². The number of likely N-dealkylation sites (N-methyl/N-ethyl adjacent to an activating group) is 1. The molecule has 1 saturated heterocycles. The maximum atomic E-state index is 15.4. The quantitative estimate of drug-likeness (QED) is 0.0142. The molecule has 1 aliphatic rings. The number of carboxylic acids is 9. The number of unbranched alkanes of at least 4 members (excludes halogenated alkanes) is 1. The monoisotopic (exact) mass is 1690 g/mol. The third-order valence-corrected chi connectivity index (χ3v) is 19.5. The lowest BCUT2D eigenvalue weighted by atomic mass is 9.98. The smallest absolute Gasteiger partial charge is 0.326 e. The van der Waals surface area contributed by atoms with E-state index in [4.69, 9.17) is 5.11 Å².